The van der Waals surface area contributed by atoms with Crippen molar-refractivity contribution in [3.05, 3.63) is 0 Å². The van der Waals surface area contributed by atoms with Crippen LogP contribution in [0.25, 0.3) is 0 Å². The van der Waals surface area contributed by atoms with Gasteiger partial charge in [0.05, 0.1) is 119 Å². The highest BCUT2D eigenvalue weighted by molar-refractivity contribution is 6.00. The first kappa shape index (κ1) is 69.9. The van der Waals surface area contributed by atoms with Gasteiger partial charge >= 0.3 is 48.2 Å². The zero-order chi connectivity index (χ0) is 61.6. The van der Waals surface area contributed by atoms with Gasteiger partial charge in [0.25, 0.3) is 0 Å². The van der Waals surface area contributed by atoms with Gasteiger partial charge in [-0.25, -0.2) is 58.0 Å². The Kier molecular flexibility index (Phi) is 33.4. The largest absolute Gasteiger partial charge is 0.377 e. The molecular weight excluding hydrogens is 1140 g/mol. The Balaban J connectivity index is 1.13. The first-order chi connectivity index (χ1) is 41.0. The van der Waals surface area contributed by atoms with Crippen LogP contribution in [0.1, 0.15) is 39.5 Å². The first-order valence-corrected chi connectivity index (χ1v) is 26.7. The van der Waals surface area contributed by atoms with E-state index in [2.05, 4.69) is 62.2 Å². The molecule has 0 aromatic heterocycles. The van der Waals surface area contributed by atoms with E-state index < -0.39 is 96.5 Å². The van der Waals surface area contributed by atoms with Crippen molar-refractivity contribution in [2.24, 2.45) is 40.9 Å². The molecule has 20 amide bonds. The summed E-state index contributed by atoms with van der Waals surface area (Å²) in [5.41, 5.74) is 0. The van der Waals surface area contributed by atoms with Gasteiger partial charge in [-0.2, -0.15) is 0 Å². The van der Waals surface area contributed by atoms with Crippen LogP contribution in [0.2, 0.25) is 0 Å². The number of urea groups is 8. The molecule has 0 spiro atoms. The summed E-state index contributed by atoms with van der Waals surface area (Å²) in [6, 6.07) is -6.71. The third-order valence-corrected chi connectivity index (χ3v) is 11.2. The van der Waals surface area contributed by atoms with E-state index in [4.69, 9.17) is 52.1 Å². The number of azo groups is 4. The second kappa shape index (κ2) is 40.6. The molecule has 2 atom stereocenters. The van der Waals surface area contributed by atoms with Crippen molar-refractivity contribution in [3.63, 3.8) is 0 Å². The van der Waals surface area contributed by atoms with Gasteiger partial charge < -0.3 is 73.4 Å². The molecular formula is C46H70N16O23. The average molecular weight is 1220 g/mol. The van der Waals surface area contributed by atoms with Crippen molar-refractivity contribution in [2.45, 2.75) is 64.2 Å². The first-order valence-electron chi connectivity index (χ1n) is 26.7. The number of nitrogens with zero attached hydrogens (tertiary/aromatic N) is 12. The number of hydrogen-bond donors (Lipinski definition) is 4. The highest BCUT2D eigenvalue weighted by Crippen LogP contribution is 2.11. The average Bonchev–Trinajstić information content (AvgIpc) is 4.28. The van der Waals surface area contributed by atoms with Crippen LogP contribution < -0.4 is 21.3 Å². The monoisotopic (exact) mass is 1210 g/mol. The van der Waals surface area contributed by atoms with E-state index in [-0.39, 0.29) is 184 Å². The maximum atomic E-state index is 12.3. The minimum atomic E-state index is -0.849. The lowest BCUT2D eigenvalue weighted by molar-refractivity contribution is -0.126. The third-order valence-electron chi connectivity index (χ3n) is 11.2. The van der Waals surface area contributed by atoms with E-state index in [9.17, 15) is 57.5 Å². The fourth-order valence-corrected chi connectivity index (χ4v) is 6.91. The summed E-state index contributed by atoms with van der Waals surface area (Å²) in [7, 11) is 0. The highest BCUT2D eigenvalue weighted by atomic mass is 16.6. The molecule has 472 valence electrons. The molecule has 4 heterocycles. The van der Waals surface area contributed by atoms with Gasteiger partial charge in [0.15, 0.2) is 0 Å². The number of imide groups is 4. The van der Waals surface area contributed by atoms with Gasteiger partial charge in [0.2, 0.25) is 23.6 Å². The lowest BCUT2D eigenvalue weighted by Crippen LogP contribution is -2.38. The van der Waals surface area contributed by atoms with Crippen molar-refractivity contribution in [2.75, 3.05) is 158 Å². The maximum Gasteiger partial charge on any atom is 0.370 e. The van der Waals surface area contributed by atoms with Crippen LogP contribution in [0.5, 0.6) is 0 Å². The van der Waals surface area contributed by atoms with E-state index in [1.807, 2.05) is 0 Å². The lowest BCUT2D eigenvalue weighted by atomic mass is 10.3. The third kappa shape index (κ3) is 29.2. The second-order valence-corrected chi connectivity index (χ2v) is 17.7. The number of nitrogens with one attached hydrogen (secondary N) is 4. The number of hydrogen-bond acceptors (Lipinski definition) is 23. The molecule has 39 heteroatoms. The van der Waals surface area contributed by atoms with Gasteiger partial charge in [0.1, 0.15) is 24.7 Å². The molecule has 0 radical (unpaired) electrons. The predicted octanol–water partition coefficient (Wildman–Crippen LogP) is 0.655. The van der Waals surface area contributed by atoms with E-state index in [0.717, 1.165) is 19.6 Å². The number of carbonyl (C=O) groups excluding carboxylic acids is 12. The number of amides is 20. The lowest BCUT2D eigenvalue weighted by Gasteiger charge is -2.20. The van der Waals surface area contributed by atoms with Gasteiger partial charge in [-0.15, -0.1) is 0 Å². The van der Waals surface area contributed by atoms with Crippen LogP contribution in [0.4, 0.5) is 38.4 Å². The second-order valence-electron chi connectivity index (χ2n) is 17.7. The van der Waals surface area contributed by atoms with Crippen LogP contribution in [0.3, 0.4) is 0 Å². The Morgan fingerprint density at radius 1 is 0.329 bits per heavy atom. The van der Waals surface area contributed by atoms with Crippen LogP contribution in [-0.4, -0.2) is 274 Å². The van der Waals surface area contributed by atoms with Gasteiger partial charge in [0, 0.05) is 65.0 Å². The molecule has 4 aliphatic heterocycles. The summed E-state index contributed by atoms with van der Waals surface area (Å²) in [5.74, 6) is -1.77. The fraction of sp³-hybridized carbons (Fsp3) is 0.739. The SMILES string of the molecule is CC(NC(=O)CCN1C(=O)N=NC1=O)OCCOCC(COCCOC(C)NC(=O)CCN1C(=O)N=NC1=O)OCCOCCOC(COCCOCCNC(=O)CCN1C(=O)N=NC1=O)COCCOCCNC(=O)CCN1C(=O)N=NC1=O. The molecule has 85 heavy (non-hydrogen) atoms. The smallest absolute Gasteiger partial charge is 0.370 e. The molecule has 0 saturated heterocycles. The number of rotatable bonds is 50. The zero-order valence-electron chi connectivity index (χ0n) is 46.9. The molecule has 0 bridgehead atoms. The summed E-state index contributed by atoms with van der Waals surface area (Å²) < 4.78 is 63.0. The zero-order valence-corrected chi connectivity index (χ0v) is 46.9. The van der Waals surface area contributed by atoms with Crippen molar-refractivity contribution < 1.29 is 110 Å². The van der Waals surface area contributed by atoms with Gasteiger partial charge in [-0.3, -0.25) is 19.2 Å². The van der Waals surface area contributed by atoms with E-state index in [0.29, 0.717) is 0 Å². The predicted molar refractivity (Wildman–Crippen MR) is 276 cm³/mol. The van der Waals surface area contributed by atoms with E-state index >= 15 is 0 Å². The Bertz CT molecular complexity index is 2160. The Morgan fingerprint density at radius 3 is 0.871 bits per heavy atom. The molecule has 0 saturated carbocycles. The molecule has 4 aliphatic rings. The minimum absolute atomic E-state index is 0.0473. The molecule has 4 N–H and O–H groups in total. The molecule has 0 aromatic rings. The Hall–Kier alpha value is -7.60. The summed E-state index contributed by atoms with van der Waals surface area (Å²) in [5, 5.41) is 35.5. The quantitative estimate of drug-likeness (QED) is 0.0480. The van der Waals surface area contributed by atoms with Crippen LogP contribution in [0, 0.1) is 0 Å². The standard InChI is InChI=1S/C46H70N16O23/c1-31(49-37(65)5-11-61-43(71)55-56-44(61)72)82-23-21-80-29-34(30-81-22-24-83-32(2)50-38(66)6-12-62-45(73)57-58-46(62)74)85-26-20-77-19-25-84-33(27-78-17-15-75-13-7-47-35(63)3-9-59-39(67)51-52-40(59)68)28-79-18-16-76-14-8-48-36(64)4-10-60-41(69)53-54-42(60)70/h31-34H,3-30H2,1-2H3,(H,47,63)(H,48,64)(H,49,65)(H,50,66). The molecule has 2 unspecified atom stereocenters. The molecule has 39 nitrogen and oxygen atoms in total. The van der Waals surface area contributed by atoms with Crippen LogP contribution in [-0.2, 0) is 71.3 Å². The van der Waals surface area contributed by atoms with Gasteiger partial charge in [-0.1, -0.05) is 40.9 Å². The van der Waals surface area contributed by atoms with E-state index in [1.54, 1.807) is 13.8 Å². The molecule has 4 rings (SSSR count). The van der Waals surface area contributed by atoms with Crippen molar-refractivity contribution in [1.82, 2.24) is 40.9 Å². The van der Waals surface area contributed by atoms with Crippen molar-refractivity contribution in [1.29, 1.82) is 0 Å². The molecule has 0 aromatic carbocycles. The number of ether oxygens (including phenoxy) is 11. The Labute approximate surface area is 484 Å². The Morgan fingerprint density at radius 2 is 0.565 bits per heavy atom. The van der Waals surface area contributed by atoms with Crippen LogP contribution in [0.15, 0.2) is 40.9 Å². The fourth-order valence-electron chi connectivity index (χ4n) is 6.91. The summed E-state index contributed by atoms with van der Waals surface area (Å²) in [6.45, 7) is 4.84. The summed E-state index contributed by atoms with van der Waals surface area (Å²) >= 11 is 0. The molecule has 0 aliphatic carbocycles. The van der Waals surface area contributed by atoms with E-state index in [1.165, 1.54) is 0 Å². The number of carbonyl (C=O) groups is 12. The topological polar surface area (TPSA) is 466 Å². The summed E-state index contributed by atoms with van der Waals surface area (Å²) in [6.07, 6.45) is -3.29. The summed E-state index contributed by atoms with van der Waals surface area (Å²) in [4.78, 5) is 144. The van der Waals surface area contributed by atoms with Gasteiger partial charge in [-0.05, 0) is 13.8 Å². The van der Waals surface area contributed by atoms with Crippen molar-refractivity contribution >= 4 is 71.9 Å². The normalized spacial score (nSPS) is 15.9. The minimum Gasteiger partial charge on any atom is -0.377 e. The van der Waals surface area contributed by atoms with Crippen molar-refractivity contribution in [3.8, 4) is 0 Å². The maximum absolute atomic E-state index is 12.3. The molecule has 0 fully saturated rings. The highest BCUT2D eigenvalue weighted by Gasteiger charge is 2.31. The van der Waals surface area contributed by atoms with Crippen LogP contribution >= 0.6 is 0 Å².